The second-order valence-corrected chi connectivity index (χ2v) is 13.5. The fraction of sp³-hybridized carbons (Fsp3) is 0.407. The molecule has 1 amide bonds. The first kappa shape index (κ1) is 24.4. The van der Waals surface area contributed by atoms with Crippen molar-refractivity contribution in [2.75, 3.05) is 50.4 Å². The van der Waals surface area contributed by atoms with Crippen LogP contribution in [0.3, 0.4) is 0 Å². The van der Waals surface area contributed by atoms with Gasteiger partial charge < -0.3 is 10.2 Å². The van der Waals surface area contributed by atoms with Gasteiger partial charge in [0.05, 0.1) is 25.6 Å². The minimum atomic E-state index is -0.366. The Morgan fingerprint density at radius 2 is 1.89 bits per heavy atom. The third kappa shape index (κ3) is 6.12. The number of halogens is 1. The van der Waals surface area contributed by atoms with E-state index < -0.39 is 0 Å². The van der Waals surface area contributed by atoms with Crippen molar-refractivity contribution in [3.8, 4) is 11.3 Å². The molecule has 183 valence electrons. The summed E-state index contributed by atoms with van der Waals surface area (Å²) < 4.78 is 14.1. The largest absolute Gasteiger partial charge is 0.351 e. The number of hydrogen-bond donors (Lipinski definition) is 1. The highest BCUT2D eigenvalue weighted by Crippen LogP contribution is 2.26. The van der Waals surface area contributed by atoms with Gasteiger partial charge in [0.2, 0.25) is 0 Å². The fourth-order valence-electron chi connectivity index (χ4n) is 4.84. The molecule has 0 spiro atoms. The van der Waals surface area contributed by atoms with Gasteiger partial charge in [-0.05, 0) is 48.6 Å². The number of carbonyl (C=O) groups is 1. The lowest BCUT2D eigenvalue weighted by molar-refractivity contribution is 0.0950. The van der Waals surface area contributed by atoms with E-state index in [1.807, 2.05) is 11.8 Å². The van der Waals surface area contributed by atoms with Gasteiger partial charge in [0.15, 0.2) is 0 Å². The molecular weight excluding hydrogens is 475 g/mol. The zero-order chi connectivity index (χ0) is 24.2. The highest BCUT2D eigenvalue weighted by Gasteiger charge is 2.20. The molecule has 35 heavy (non-hydrogen) atoms. The molecule has 8 heteroatoms. The maximum Gasteiger partial charge on any atom is 0.252 e. The number of benzene rings is 2. The molecule has 5 nitrogen and oxygen atoms in total. The zero-order valence-corrected chi connectivity index (χ0v) is 22.0. The molecule has 1 aromatic heterocycles. The minimum absolute atomic E-state index is 0.177. The SMILES string of the molecule is C[Si]1CCN(Cc2ccc(-c3cc(C(=O)NCCN4CCSCC4)c4cc(F)ccc4n3)cc2)C1. The third-order valence-electron chi connectivity index (χ3n) is 6.84. The Balaban J connectivity index is 1.35. The molecule has 0 bridgehead atoms. The molecule has 3 heterocycles. The number of nitrogens with zero attached hydrogens (tertiary/aromatic N) is 3. The molecule has 3 aromatic rings. The maximum absolute atomic E-state index is 14.1. The van der Waals surface area contributed by atoms with Gasteiger partial charge in [0, 0.05) is 55.2 Å². The average molecular weight is 508 g/mol. The summed E-state index contributed by atoms with van der Waals surface area (Å²) in [6.07, 6.45) is 1.25. The molecule has 1 N–H and O–H groups in total. The second kappa shape index (κ2) is 11.2. The Hall–Kier alpha value is -2.26. The first-order chi connectivity index (χ1) is 17.0. The van der Waals surface area contributed by atoms with E-state index in [1.165, 1.54) is 36.5 Å². The van der Waals surface area contributed by atoms with Crippen molar-refractivity contribution in [1.29, 1.82) is 0 Å². The van der Waals surface area contributed by atoms with Gasteiger partial charge >= 0.3 is 0 Å². The molecule has 0 aliphatic carbocycles. The third-order valence-corrected chi connectivity index (χ3v) is 9.84. The van der Waals surface area contributed by atoms with Crippen molar-refractivity contribution in [1.82, 2.24) is 20.1 Å². The first-order valence-electron chi connectivity index (χ1n) is 12.4. The summed E-state index contributed by atoms with van der Waals surface area (Å²) in [5.41, 5.74) is 4.08. The number of nitrogens with one attached hydrogen (secondary N) is 1. The maximum atomic E-state index is 14.1. The predicted octanol–water partition coefficient (Wildman–Crippen LogP) is 4.30. The topological polar surface area (TPSA) is 48.5 Å². The Bertz CT molecular complexity index is 1190. The van der Waals surface area contributed by atoms with Crippen LogP contribution in [0.5, 0.6) is 0 Å². The van der Waals surface area contributed by atoms with Gasteiger partial charge in [-0.2, -0.15) is 11.8 Å². The lowest BCUT2D eigenvalue weighted by atomic mass is 10.0. The summed E-state index contributed by atoms with van der Waals surface area (Å²) in [5, 5.41) is 3.59. The van der Waals surface area contributed by atoms with E-state index in [-0.39, 0.29) is 20.5 Å². The molecule has 0 atom stereocenters. The number of carbonyl (C=O) groups excluding carboxylic acids is 1. The van der Waals surface area contributed by atoms with E-state index in [4.69, 9.17) is 4.98 Å². The van der Waals surface area contributed by atoms with Crippen molar-refractivity contribution in [2.45, 2.75) is 19.1 Å². The number of aromatic nitrogens is 1. The molecule has 1 radical (unpaired) electrons. The molecule has 2 aliphatic heterocycles. The Kier molecular flexibility index (Phi) is 7.82. The van der Waals surface area contributed by atoms with Crippen LogP contribution in [-0.2, 0) is 6.54 Å². The summed E-state index contributed by atoms with van der Waals surface area (Å²) in [6.45, 7) is 8.11. The number of pyridine rings is 1. The van der Waals surface area contributed by atoms with Crippen molar-refractivity contribution in [2.24, 2.45) is 0 Å². The molecular formula is C27H32FN4OSSi. The number of amides is 1. The van der Waals surface area contributed by atoms with Crippen LogP contribution < -0.4 is 5.32 Å². The van der Waals surface area contributed by atoms with E-state index in [2.05, 4.69) is 45.9 Å². The Morgan fingerprint density at radius 1 is 1.09 bits per heavy atom. The predicted molar refractivity (Wildman–Crippen MR) is 145 cm³/mol. The molecule has 5 rings (SSSR count). The molecule has 2 aromatic carbocycles. The van der Waals surface area contributed by atoms with Crippen molar-refractivity contribution in [3.05, 3.63) is 65.5 Å². The monoisotopic (exact) mass is 507 g/mol. The van der Waals surface area contributed by atoms with Gasteiger partial charge in [-0.1, -0.05) is 30.8 Å². The van der Waals surface area contributed by atoms with Crippen molar-refractivity contribution < 1.29 is 9.18 Å². The van der Waals surface area contributed by atoms with Gasteiger partial charge in [-0.15, -0.1) is 0 Å². The van der Waals surface area contributed by atoms with Crippen LogP contribution in [0.25, 0.3) is 22.2 Å². The summed E-state index contributed by atoms with van der Waals surface area (Å²) >= 11 is 1.97. The van der Waals surface area contributed by atoms with E-state index in [1.54, 1.807) is 12.1 Å². The highest BCUT2D eigenvalue weighted by atomic mass is 32.2. The zero-order valence-electron chi connectivity index (χ0n) is 20.2. The first-order valence-corrected chi connectivity index (χ1v) is 15.9. The number of fused-ring (bicyclic) bond motifs is 1. The number of rotatable bonds is 7. The van der Waals surface area contributed by atoms with Gasteiger partial charge in [0.25, 0.3) is 5.91 Å². The summed E-state index contributed by atoms with van der Waals surface area (Å²) in [5.74, 6) is 1.74. The van der Waals surface area contributed by atoms with E-state index in [9.17, 15) is 9.18 Å². The van der Waals surface area contributed by atoms with Crippen LogP contribution in [0, 0.1) is 5.82 Å². The Morgan fingerprint density at radius 3 is 2.63 bits per heavy atom. The van der Waals surface area contributed by atoms with Crippen molar-refractivity contribution >= 4 is 37.4 Å². The fourth-order valence-corrected chi connectivity index (χ4v) is 7.71. The lowest BCUT2D eigenvalue weighted by Gasteiger charge is -2.26. The van der Waals surface area contributed by atoms with E-state index in [0.717, 1.165) is 48.9 Å². The summed E-state index contributed by atoms with van der Waals surface area (Å²) in [4.78, 5) is 22.9. The second-order valence-electron chi connectivity index (χ2n) is 9.54. The molecule has 0 unspecified atom stereocenters. The van der Waals surface area contributed by atoms with Gasteiger partial charge in [-0.3, -0.25) is 9.69 Å². The van der Waals surface area contributed by atoms with Crippen LogP contribution in [-0.4, -0.2) is 79.9 Å². The smallest absolute Gasteiger partial charge is 0.252 e. The van der Waals surface area contributed by atoms with Gasteiger partial charge in [0.1, 0.15) is 5.82 Å². The molecule has 2 fully saturated rings. The molecule has 0 saturated carbocycles. The van der Waals surface area contributed by atoms with Crippen LogP contribution in [0.2, 0.25) is 12.6 Å². The van der Waals surface area contributed by atoms with Crippen LogP contribution >= 0.6 is 11.8 Å². The Labute approximate surface area is 212 Å². The van der Waals surface area contributed by atoms with Crippen LogP contribution in [0.4, 0.5) is 4.39 Å². The summed E-state index contributed by atoms with van der Waals surface area (Å²) in [7, 11) is -0.177. The quantitative estimate of drug-likeness (QED) is 0.483. The van der Waals surface area contributed by atoms with Crippen molar-refractivity contribution in [3.63, 3.8) is 0 Å². The highest BCUT2D eigenvalue weighted by molar-refractivity contribution is 7.99. The molecule has 2 aliphatic rings. The average Bonchev–Trinajstić information content (AvgIpc) is 3.28. The number of hydrogen-bond acceptors (Lipinski definition) is 5. The normalized spacial score (nSPS) is 17.8. The minimum Gasteiger partial charge on any atom is -0.351 e. The standard InChI is InChI=1S/C27H32FN4OSSi/c1-35-15-12-32(19-35)18-20-2-4-21(5-3-20)26-17-24(23-16-22(28)6-7-25(23)30-26)27(33)29-8-9-31-10-13-34-14-11-31/h2-7,16-17H,8-15,18-19H2,1H3,(H,29,33). The molecule has 2 saturated heterocycles. The lowest BCUT2D eigenvalue weighted by Crippen LogP contribution is -2.39. The van der Waals surface area contributed by atoms with E-state index >= 15 is 0 Å². The van der Waals surface area contributed by atoms with Gasteiger partial charge in [-0.25, -0.2) is 9.37 Å². The summed E-state index contributed by atoms with van der Waals surface area (Å²) in [6, 6.07) is 16.1. The van der Waals surface area contributed by atoms with E-state index in [0.29, 0.717) is 23.0 Å². The van der Waals surface area contributed by atoms with Crippen LogP contribution in [0.1, 0.15) is 15.9 Å². The van der Waals surface area contributed by atoms with Crippen LogP contribution in [0.15, 0.2) is 48.5 Å². The number of thioether (sulfide) groups is 1.